The van der Waals surface area contributed by atoms with Crippen molar-refractivity contribution in [3.8, 4) is 0 Å². The molecule has 2 rings (SSSR count). The van der Waals surface area contributed by atoms with Crippen molar-refractivity contribution >= 4 is 18.0 Å². The number of nitrogens with zero attached hydrogens (tertiary/aromatic N) is 1. The van der Waals surface area contributed by atoms with Gasteiger partial charge in [0.1, 0.15) is 12.6 Å². The molecule has 1 amide bonds. The summed E-state index contributed by atoms with van der Waals surface area (Å²) in [5.41, 5.74) is 0.814. The fraction of sp³-hybridized carbons (Fsp3) is 0.438. The first kappa shape index (κ1) is 16.8. The van der Waals surface area contributed by atoms with E-state index in [-0.39, 0.29) is 31.9 Å². The highest BCUT2D eigenvalue weighted by molar-refractivity contribution is 5.80. The zero-order valence-corrected chi connectivity index (χ0v) is 12.6. The Morgan fingerprint density at radius 1 is 1.17 bits per heavy atom. The number of amides is 1. The highest BCUT2D eigenvalue weighted by Gasteiger charge is 2.40. The summed E-state index contributed by atoms with van der Waals surface area (Å²) < 4.78 is 5.17. The number of aliphatic carboxylic acids is 2. The first-order valence-corrected chi connectivity index (χ1v) is 7.39. The lowest BCUT2D eigenvalue weighted by molar-refractivity contribution is -0.141. The maximum atomic E-state index is 12.1. The molecule has 0 aromatic heterocycles. The molecular formula is C16H19NO6. The predicted molar refractivity (Wildman–Crippen MR) is 79.7 cm³/mol. The second-order valence-electron chi connectivity index (χ2n) is 5.58. The van der Waals surface area contributed by atoms with Crippen LogP contribution in [0.1, 0.15) is 24.8 Å². The summed E-state index contributed by atoms with van der Waals surface area (Å²) in [5, 5.41) is 18.0. The van der Waals surface area contributed by atoms with Gasteiger partial charge in [0, 0.05) is 13.0 Å². The van der Waals surface area contributed by atoms with Crippen LogP contribution in [0.3, 0.4) is 0 Å². The number of carbonyl (C=O) groups is 3. The molecule has 1 aromatic rings. The van der Waals surface area contributed by atoms with Gasteiger partial charge in [-0.15, -0.1) is 0 Å². The van der Waals surface area contributed by atoms with Gasteiger partial charge in [-0.25, -0.2) is 9.59 Å². The second kappa shape index (κ2) is 7.62. The normalized spacial score (nSPS) is 20.3. The molecule has 1 aliphatic heterocycles. The van der Waals surface area contributed by atoms with Crippen LogP contribution in [0.2, 0.25) is 0 Å². The third-order valence-electron chi connectivity index (χ3n) is 3.88. The maximum absolute atomic E-state index is 12.1. The fourth-order valence-corrected chi connectivity index (χ4v) is 2.70. The number of carbonyl (C=O) groups excluding carboxylic acids is 1. The minimum absolute atomic E-state index is 0.0378. The third kappa shape index (κ3) is 4.70. The van der Waals surface area contributed by atoms with Gasteiger partial charge in [-0.2, -0.15) is 0 Å². The van der Waals surface area contributed by atoms with Crippen LogP contribution in [0.25, 0.3) is 0 Å². The van der Waals surface area contributed by atoms with E-state index in [1.165, 1.54) is 4.90 Å². The van der Waals surface area contributed by atoms with Gasteiger partial charge in [0.05, 0.1) is 0 Å². The van der Waals surface area contributed by atoms with Crippen LogP contribution in [-0.2, 0) is 20.9 Å². The molecule has 124 valence electrons. The Hall–Kier alpha value is -2.57. The van der Waals surface area contributed by atoms with Gasteiger partial charge in [-0.3, -0.25) is 9.69 Å². The maximum Gasteiger partial charge on any atom is 0.410 e. The molecule has 2 unspecified atom stereocenters. The third-order valence-corrected chi connectivity index (χ3v) is 3.88. The van der Waals surface area contributed by atoms with Crippen molar-refractivity contribution in [2.45, 2.75) is 31.9 Å². The lowest BCUT2D eigenvalue weighted by Crippen LogP contribution is -2.40. The molecule has 1 fully saturated rings. The van der Waals surface area contributed by atoms with Crippen LogP contribution in [0, 0.1) is 5.92 Å². The molecule has 0 saturated carbocycles. The van der Waals surface area contributed by atoms with Crippen molar-refractivity contribution < 1.29 is 29.3 Å². The van der Waals surface area contributed by atoms with E-state index in [0.29, 0.717) is 6.42 Å². The highest BCUT2D eigenvalue weighted by atomic mass is 16.6. The van der Waals surface area contributed by atoms with Crippen LogP contribution in [0.5, 0.6) is 0 Å². The van der Waals surface area contributed by atoms with Crippen LogP contribution in [0.15, 0.2) is 30.3 Å². The smallest absolute Gasteiger partial charge is 0.410 e. The van der Waals surface area contributed by atoms with Crippen molar-refractivity contribution in [2.75, 3.05) is 6.54 Å². The molecule has 1 aliphatic rings. The van der Waals surface area contributed by atoms with Gasteiger partial charge in [0.2, 0.25) is 0 Å². The Morgan fingerprint density at radius 3 is 2.48 bits per heavy atom. The second-order valence-corrected chi connectivity index (χ2v) is 5.58. The Bertz CT molecular complexity index is 573. The standard InChI is InChI=1S/C16H19NO6/c18-14(19)7-6-12-8-13(15(20)21)17(9-12)16(22)23-10-11-4-2-1-3-5-11/h1-5,12-13H,6-10H2,(H,18,19)(H,20,21). The highest BCUT2D eigenvalue weighted by Crippen LogP contribution is 2.28. The summed E-state index contributed by atoms with van der Waals surface area (Å²) in [7, 11) is 0. The summed E-state index contributed by atoms with van der Waals surface area (Å²) >= 11 is 0. The van der Waals surface area contributed by atoms with Crippen molar-refractivity contribution in [3.05, 3.63) is 35.9 Å². The van der Waals surface area contributed by atoms with E-state index in [1.807, 2.05) is 30.3 Å². The molecule has 7 heteroatoms. The first-order chi connectivity index (χ1) is 11.0. The van der Waals surface area contributed by atoms with Crippen LogP contribution in [-0.4, -0.2) is 45.7 Å². The number of hydrogen-bond acceptors (Lipinski definition) is 4. The lowest BCUT2D eigenvalue weighted by atomic mass is 10.00. The van der Waals surface area contributed by atoms with Gasteiger partial charge in [0.15, 0.2) is 0 Å². The molecule has 2 N–H and O–H groups in total. The molecule has 0 spiro atoms. The lowest BCUT2D eigenvalue weighted by Gasteiger charge is -2.20. The topological polar surface area (TPSA) is 104 Å². The van der Waals surface area contributed by atoms with Gasteiger partial charge >= 0.3 is 18.0 Å². The molecule has 0 bridgehead atoms. The van der Waals surface area contributed by atoms with Crippen molar-refractivity contribution in [3.63, 3.8) is 0 Å². The summed E-state index contributed by atoms with van der Waals surface area (Å²) in [6.07, 6.45) is -0.117. The van der Waals surface area contributed by atoms with Gasteiger partial charge < -0.3 is 14.9 Å². The molecule has 23 heavy (non-hydrogen) atoms. The molecule has 0 radical (unpaired) electrons. The van der Waals surface area contributed by atoms with Crippen LogP contribution in [0.4, 0.5) is 4.79 Å². The van der Waals surface area contributed by atoms with Crippen molar-refractivity contribution in [1.82, 2.24) is 4.90 Å². The van der Waals surface area contributed by atoms with Crippen molar-refractivity contribution in [1.29, 1.82) is 0 Å². The quantitative estimate of drug-likeness (QED) is 0.830. The van der Waals surface area contributed by atoms with E-state index in [2.05, 4.69) is 0 Å². The van der Waals surface area contributed by atoms with Crippen LogP contribution < -0.4 is 0 Å². The number of benzene rings is 1. The number of carboxylic acid groups (broad SMARTS) is 2. The van der Waals surface area contributed by atoms with E-state index in [9.17, 15) is 19.5 Å². The van der Waals surface area contributed by atoms with E-state index in [0.717, 1.165) is 5.56 Å². The Kier molecular flexibility index (Phi) is 5.56. The summed E-state index contributed by atoms with van der Waals surface area (Å²) in [5.74, 6) is -2.17. The molecule has 0 aliphatic carbocycles. The Balaban J connectivity index is 1.93. The molecule has 2 atom stereocenters. The SMILES string of the molecule is O=C(O)CCC1CC(C(=O)O)N(C(=O)OCc2ccccc2)C1. The van der Waals surface area contributed by atoms with E-state index in [1.54, 1.807) is 0 Å². The number of carboxylic acids is 2. The number of likely N-dealkylation sites (tertiary alicyclic amines) is 1. The van der Waals surface area contributed by atoms with Gasteiger partial charge in [-0.1, -0.05) is 30.3 Å². The number of rotatable bonds is 6. The molecule has 1 aromatic carbocycles. The molecule has 1 saturated heterocycles. The Labute approximate surface area is 133 Å². The molecule has 7 nitrogen and oxygen atoms in total. The zero-order chi connectivity index (χ0) is 16.8. The molecular weight excluding hydrogens is 302 g/mol. The van der Waals surface area contributed by atoms with E-state index < -0.39 is 24.1 Å². The predicted octanol–water partition coefficient (Wildman–Crippen LogP) is 1.96. The first-order valence-electron chi connectivity index (χ1n) is 7.39. The van der Waals surface area contributed by atoms with Gasteiger partial charge in [-0.05, 0) is 24.3 Å². The minimum Gasteiger partial charge on any atom is -0.481 e. The monoisotopic (exact) mass is 321 g/mol. The largest absolute Gasteiger partial charge is 0.481 e. The summed E-state index contributed by atoms with van der Waals surface area (Å²) in [4.78, 5) is 35.3. The Morgan fingerprint density at radius 2 is 1.87 bits per heavy atom. The average Bonchev–Trinajstić information content (AvgIpc) is 2.96. The molecule has 1 heterocycles. The number of ether oxygens (including phenoxy) is 1. The zero-order valence-electron chi connectivity index (χ0n) is 12.6. The van der Waals surface area contributed by atoms with E-state index >= 15 is 0 Å². The summed E-state index contributed by atoms with van der Waals surface area (Å²) in [6.45, 7) is 0.278. The van der Waals surface area contributed by atoms with Crippen molar-refractivity contribution in [2.24, 2.45) is 5.92 Å². The fourth-order valence-electron chi connectivity index (χ4n) is 2.70. The van der Waals surface area contributed by atoms with Gasteiger partial charge in [0.25, 0.3) is 0 Å². The average molecular weight is 321 g/mol. The summed E-state index contributed by atoms with van der Waals surface area (Å²) in [6, 6.07) is 8.14. The minimum atomic E-state index is -1.10. The number of hydrogen-bond donors (Lipinski definition) is 2. The van der Waals surface area contributed by atoms with E-state index in [4.69, 9.17) is 9.84 Å². The van der Waals surface area contributed by atoms with Crippen LogP contribution >= 0.6 is 0 Å².